The van der Waals surface area contributed by atoms with Crippen LogP contribution in [-0.2, 0) is 14.3 Å². The number of benzene rings is 1. The molecule has 0 fully saturated rings. The Morgan fingerprint density at radius 1 is 1.32 bits per heavy atom. The molecule has 0 spiro atoms. The van der Waals surface area contributed by atoms with E-state index in [4.69, 9.17) is 4.74 Å². The van der Waals surface area contributed by atoms with Gasteiger partial charge in [-0.3, -0.25) is 4.79 Å². The maximum Gasteiger partial charge on any atom is 0.330 e. The number of pyridine rings is 1. The maximum absolute atomic E-state index is 11.3. The molecule has 1 N–H and O–H groups in total. The molecule has 0 aliphatic carbocycles. The van der Waals surface area contributed by atoms with E-state index in [1.165, 1.54) is 13.0 Å². The lowest BCUT2D eigenvalue weighted by molar-refractivity contribution is -0.137. The highest BCUT2D eigenvalue weighted by atomic mass is 16.5. The van der Waals surface area contributed by atoms with Crippen LogP contribution in [0.15, 0.2) is 30.3 Å². The largest absolute Gasteiger partial charge is 0.463 e. The summed E-state index contributed by atoms with van der Waals surface area (Å²) in [6, 6.07) is 7.41. The molecule has 0 bridgehead atoms. The lowest BCUT2D eigenvalue weighted by Gasteiger charge is -2.07. The predicted octanol–water partition coefficient (Wildman–Crippen LogP) is 3.08. The molecule has 1 aromatic heterocycles. The van der Waals surface area contributed by atoms with Gasteiger partial charge in [-0.15, -0.1) is 0 Å². The van der Waals surface area contributed by atoms with Crippen LogP contribution in [0, 0.1) is 6.92 Å². The topological polar surface area (TPSA) is 68.3 Å². The summed E-state index contributed by atoms with van der Waals surface area (Å²) in [6.07, 6.45) is 2.99. The van der Waals surface area contributed by atoms with Crippen molar-refractivity contribution in [3.05, 3.63) is 41.6 Å². The number of ether oxygens (including phenoxy) is 1. The quantitative estimate of drug-likeness (QED) is 0.695. The molecule has 0 aliphatic heterocycles. The van der Waals surface area contributed by atoms with Gasteiger partial charge in [0.15, 0.2) is 0 Å². The number of fused-ring (bicyclic) bond motifs is 1. The normalized spacial score (nSPS) is 10.9. The van der Waals surface area contributed by atoms with Crippen molar-refractivity contribution in [3.8, 4) is 0 Å². The van der Waals surface area contributed by atoms with E-state index in [1.807, 2.05) is 25.1 Å². The Labute approximate surface area is 129 Å². The highest BCUT2D eigenvalue weighted by molar-refractivity contribution is 5.93. The van der Waals surface area contributed by atoms with Crippen LogP contribution >= 0.6 is 0 Å². The Balaban J connectivity index is 2.33. The smallest absolute Gasteiger partial charge is 0.330 e. The van der Waals surface area contributed by atoms with Gasteiger partial charge in [-0.05, 0) is 49.8 Å². The number of hydrogen-bond acceptors (Lipinski definition) is 4. The molecule has 0 saturated heterocycles. The zero-order valence-electron chi connectivity index (χ0n) is 12.8. The lowest BCUT2D eigenvalue weighted by Crippen LogP contribution is -2.05. The number of hydrogen-bond donors (Lipinski definition) is 1. The third-order valence-electron chi connectivity index (χ3n) is 3.03. The molecule has 114 valence electrons. The van der Waals surface area contributed by atoms with Crippen molar-refractivity contribution in [2.45, 2.75) is 20.8 Å². The van der Waals surface area contributed by atoms with Gasteiger partial charge in [0.2, 0.25) is 5.91 Å². The fourth-order valence-electron chi connectivity index (χ4n) is 2.13. The number of carbonyl (C=O) groups is 2. The van der Waals surface area contributed by atoms with Crippen LogP contribution in [0.3, 0.4) is 0 Å². The minimum Gasteiger partial charge on any atom is -0.463 e. The van der Waals surface area contributed by atoms with E-state index in [0.29, 0.717) is 12.3 Å². The summed E-state index contributed by atoms with van der Waals surface area (Å²) in [5.74, 6) is -0.498. The molecule has 0 unspecified atom stereocenters. The standard InChI is InChI=1S/C17H18N2O3/c1-4-22-17(21)8-6-13-9-11(2)15-10-14(18-12(3)20)5-7-16(15)19-13/h5-10H,4H2,1-3H3,(H,18,20)/b8-6+. The van der Waals surface area contributed by atoms with Crippen molar-refractivity contribution in [1.29, 1.82) is 0 Å². The minimum absolute atomic E-state index is 0.112. The van der Waals surface area contributed by atoms with Crippen molar-refractivity contribution >= 4 is 34.5 Å². The molecule has 0 saturated carbocycles. The van der Waals surface area contributed by atoms with Gasteiger partial charge in [0, 0.05) is 24.1 Å². The van der Waals surface area contributed by atoms with E-state index >= 15 is 0 Å². The first kappa shape index (κ1) is 15.7. The number of nitrogens with one attached hydrogen (secondary N) is 1. The van der Waals surface area contributed by atoms with E-state index in [2.05, 4.69) is 10.3 Å². The van der Waals surface area contributed by atoms with Crippen LogP contribution in [0.2, 0.25) is 0 Å². The average molecular weight is 298 g/mol. The van der Waals surface area contributed by atoms with Crippen molar-refractivity contribution < 1.29 is 14.3 Å². The predicted molar refractivity (Wildman–Crippen MR) is 86.5 cm³/mol. The zero-order valence-corrected chi connectivity index (χ0v) is 12.8. The van der Waals surface area contributed by atoms with Crippen LogP contribution in [0.25, 0.3) is 17.0 Å². The number of anilines is 1. The molecule has 1 heterocycles. The van der Waals surface area contributed by atoms with Gasteiger partial charge in [0.1, 0.15) is 0 Å². The molecule has 2 aromatic rings. The Morgan fingerprint density at radius 2 is 2.09 bits per heavy atom. The van der Waals surface area contributed by atoms with E-state index in [-0.39, 0.29) is 11.9 Å². The highest BCUT2D eigenvalue weighted by Gasteiger charge is 2.04. The summed E-state index contributed by atoms with van der Waals surface area (Å²) >= 11 is 0. The molecule has 1 aromatic carbocycles. The first-order valence-electron chi connectivity index (χ1n) is 7.03. The Bertz CT molecular complexity index is 751. The molecule has 0 atom stereocenters. The lowest BCUT2D eigenvalue weighted by atomic mass is 10.1. The zero-order chi connectivity index (χ0) is 16.1. The van der Waals surface area contributed by atoms with E-state index in [9.17, 15) is 9.59 Å². The average Bonchev–Trinajstić information content (AvgIpc) is 2.45. The summed E-state index contributed by atoms with van der Waals surface area (Å²) in [4.78, 5) is 26.9. The highest BCUT2D eigenvalue weighted by Crippen LogP contribution is 2.22. The first-order chi connectivity index (χ1) is 10.5. The van der Waals surface area contributed by atoms with Crippen LogP contribution in [0.1, 0.15) is 25.1 Å². The van der Waals surface area contributed by atoms with E-state index in [1.54, 1.807) is 19.1 Å². The fraction of sp³-hybridized carbons (Fsp3) is 0.235. The number of esters is 1. The van der Waals surface area contributed by atoms with Crippen LogP contribution in [0.4, 0.5) is 5.69 Å². The molecule has 5 nitrogen and oxygen atoms in total. The van der Waals surface area contributed by atoms with Crippen molar-refractivity contribution in [3.63, 3.8) is 0 Å². The summed E-state index contributed by atoms with van der Waals surface area (Å²) in [5.41, 5.74) is 3.24. The van der Waals surface area contributed by atoms with Gasteiger partial charge in [-0.25, -0.2) is 9.78 Å². The monoisotopic (exact) mass is 298 g/mol. The van der Waals surface area contributed by atoms with E-state index < -0.39 is 0 Å². The fourth-order valence-corrected chi connectivity index (χ4v) is 2.13. The Kier molecular flexibility index (Phi) is 4.88. The van der Waals surface area contributed by atoms with Crippen LogP contribution < -0.4 is 5.32 Å². The Hall–Kier alpha value is -2.69. The summed E-state index contributed by atoms with van der Waals surface area (Å²) < 4.78 is 4.84. The van der Waals surface area contributed by atoms with Crippen LogP contribution in [0.5, 0.6) is 0 Å². The molecule has 0 radical (unpaired) electrons. The second-order valence-corrected chi connectivity index (χ2v) is 4.86. The number of rotatable bonds is 4. The number of amides is 1. The molecular weight excluding hydrogens is 280 g/mol. The van der Waals surface area contributed by atoms with E-state index in [0.717, 1.165) is 22.2 Å². The van der Waals surface area contributed by atoms with Gasteiger partial charge < -0.3 is 10.1 Å². The van der Waals surface area contributed by atoms with Gasteiger partial charge >= 0.3 is 5.97 Å². The number of aryl methyl sites for hydroxylation is 1. The molecule has 1 amide bonds. The SMILES string of the molecule is CCOC(=O)/C=C/c1cc(C)c2cc(NC(C)=O)ccc2n1. The second-order valence-electron chi connectivity index (χ2n) is 4.86. The maximum atomic E-state index is 11.3. The third-order valence-corrected chi connectivity index (χ3v) is 3.03. The van der Waals surface area contributed by atoms with Gasteiger partial charge in [0.25, 0.3) is 0 Å². The summed E-state index contributed by atoms with van der Waals surface area (Å²) in [6.45, 7) is 5.54. The van der Waals surface area contributed by atoms with Crippen molar-refractivity contribution in [2.24, 2.45) is 0 Å². The van der Waals surface area contributed by atoms with Gasteiger partial charge in [-0.2, -0.15) is 0 Å². The molecular formula is C17H18N2O3. The number of nitrogens with zero attached hydrogens (tertiary/aromatic N) is 1. The minimum atomic E-state index is -0.386. The molecule has 22 heavy (non-hydrogen) atoms. The summed E-state index contributed by atoms with van der Waals surface area (Å²) in [5, 5.41) is 3.71. The number of aromatic nitrogens is 1. The Morgan fingerprint density at radius 3 is 2.77 bits per heavy atom. The van der Waals surface area contributed by atoms with Crippen LogP contribution in [-0.4, -0.2) is 23.5 Å². The molecule has 0 aliphatic rings. The number of carbonyl (C=O) groups excluding carboxylic acids is 2. The summed E-state index contributed by atoms with van der Waals surface area (Å²) in [7, 11) is 0. The van der Waals surface area contributed by atoms with Gasteiger partial charge in [-0.1, -0.05) is 0 Å². The second kappa shape index (κ2) is 6.85. The molecule has 5 heteroatoms. The molecule has 2 rings (SSSR count). The first-order valence-corrected chi connectivity index (χ1v) is 7.03. The van der Waals surface area contributed by atoms with Gasteiger partial charge in [0.05, 0.1) is 17.8 Å². The third kappa shape index (κ3) is 3.91. The van der Waals surface area contributed by atoms with Crippen molar-refractivity contribution in [2.75, 3.05) is 11.9 Å². The van der Waals surface area contributed by atoms with Crippen molar-refractivity contribution in [1.82, 2.24) is 4.98 Å².